The van der Waals surface area contributed by atoms with Crippen LogP contribution in [-0.2, 0) is 0 Å². The van der Waals surface area contributed by atoms with E-state index in [0.717, 1.165) is 5.69 Å². The quantitative estimate of drug-likeness (QED) is 0.371. The fraction of sp³-hybridized carbons (Fsp3) is 0.259. The van der Waals surface area contributed by atoms with Gasteiger partial charge in [-0.3, -0.25) is 14.6 Å². The Bertz CT molecular complexity index is 1490. The van der Waals surface area contributed by atoms with Gasteiger partial charge < -0.3 is 24.5 Å². The minimum Gasteiger partial charge on any atom is -0.491 e. The van der Waals surface area contributed by atoms with E-state index in [9.17, 15) is 9.59 Å². The number of aryl methyl sites for hydroxylation is 2. The summed E-state index contributed by atoms with van der Waals surface area (Å²) in [5, 5.41) is 2.81. The second-order valence-electron chi connectivity index (χ2n) is 8.60. The molecule has 0 fully saturated rings. The van der Waals surface area contributed by atoms with Crippen LogP contribution in [0.2, 0.25) is 0 Å². The maximum Gasteiger partial charge on any atom is 0.261 e. The minimum atomic E-state index is -0.463. The molecule has 0 bridgehead atoms. The molecule has 0 spiro atoms. The van der Waals surface area contributed by atoms with E-state index in [-0.39, 0.29) is 16.9 Å². The number of benzene rings is 1. The van der Waals surface area contributed by atoms with Gasteiger partial charge in [-0.15, -0.1) is 0 Å². The second-order valence-corrected chi connectivity index (χ2v) is 8.60. The average molecular weight is 489 g/mol. The van der Waals surface area contributed by atoms with Crippen LogP contribution in [0.5, 0.6) is 23.1 Å². The molecule has 186 valence electrons. The second kappa shape index (κ2) is 10.1. The van der Waals surface area contributed by atoms with Crippen LogP contribution in [0.25, 0.3) is 11.0 Å². The third kappa shape index (κ3) is 4.72. The lowest BCUT2D eigenvalue weighted by Gasteiger charge is -2.14. The number of aromatic nitrogens is 3. The third-order valence-electron chi connectivity index (χ3n) is 5.79. The average Bonchev–Trinajstić information content (AvgIpc) is 2.84. The summed E-state index contributed by atoms with van der Waals surface area (Å²) in [4.78, 5) is 37.9. The molecule has 3 heterocycles. The van der Waals surface area contributed by atoms with Gasteiger partial charge in [0.25, 0.3) is 11.8 Å². The topological polar surface area (TPSA) is 115 Å². The van der Waals surface area contributed by atoms with Crippen molar-refractivity contribution in [3.8, 4) is 23.1 Å². The monoisotopic (exact) mass is 488 g/mol. The van der Waals surface area contributed by atoms with Gasteiger partial charge in [-0.2, -0.15) is 0 Å². The number of nitrogens with one attached hydrogen (secondary N) is 2. The zero-order valence-corrected chi connectivity index (χ0v) is 21.1. The Kier molecular flexibility index (Phi) is 6.91. The summed E-state index contributed by atoms with van der Waals surface area (Å²) in [6.45, 7) is 7.43. The summed E-state index contributed by atoms with van der Waals surface area (Å²) >= 11 is 0. The van der Waals surface area contributed by atoms with Crippen LogP contribution in [0.15, 0.2) is 47.4 Å². The molecule has 0 aliphatic heterocycles. The molecule has 9 nitrogen and oxygen atoms in total. The highest BCUT2D eigenvalue weighted by atomic mass is 16.5. The molecule has 1 aromatic carbocycles. The summed E-state index contributed by atoms with van der Waals surface area (Å²) in [6.07, 6.45) is 1.62. The van der Waals surface area contributed by atoms with Crippen molar-refractivity contribution in [1.29, 1.82) is 0 Å². The molecule has 2 N–H and O–H groups in total. The number of hydrogen-bond donors (Lipinski definition) is 2. The van der Waals surface area contributed by atoms with Crippen LogP contribution in [0, 0.1) is 13.8 Å². The molecule has 0 unspecified atom stereocenters. The van der Waals surface area contributed by atoms with Gasteiger partial charge in [0.1, 0.15) is 16.8 Å². The van der Waals surface area contributed by atoms with Gasteiger partial charge in [-0.05, 0) is 44.0 Å². The van der Waals surface area contributed by atoms with Gasteiger partial charge in [-0.1, -0.05) is 13.8 Å². The van der Waals surface area contributed by atoms with Crippen LogP contribution in [0.4, 0.5) is 5.69 Å². The number of H-pyrrole nitrogens is 1. The Labute approximate surface area is 208 Å². The number of nitrogens with zero attached hydrogens (tertiary/aromatic N) is 2. The molecule has 0 saturated carbocycles. The Hall–Kier alpha value is -4.40. The van der Waals surface area contributed by atoms with Crippen LogP contribution in [0.3, 0.4) is 0 Å². The molecule has 0 saturated heterocycles. The lowest BCUT2D eigenvalue weighted by molar-refractivity contribution is 0.102. The zero-order valence-electron chi connectivity index (χ0n) is 21.1. The molecule has 0 aliphatic carbocycles. The molecule has 9 heteroatoms. The van der Waals surface area contributed by atoms with Gasteiger partial charge in [0.2, 0.25) is 0 Å². The smallest absolute Gasteiger partial charge is 0.261 e. The van der Waals surface area contributed by atoms with E-state index in [1.54, 1.807) is 49.5 Å². The molecule has 1 amide bonds. The molecule has 4 rings (SSSR count). The Morgan fingerprint density at radius 3 is 2.36 bits per heavy atom. The van der Waals surface area contributed by atoms with Gasteiger partial charge in [0.15, 0.2) is 16.9 Å². The summed E-state index contributed by atoms with van der Waals surface area (Å²) in [5.74, 6) is 1.34. The summed E-state index contributed by atoms with van der Waals surface area (Å²) in [7, 11) is 3.04. The van der Waals surface area contributed by atoms with Crippen molar-refractivity contribution in [2.24, 2.45) is 0 Å². The van der Waals surface area contributed by atoms with Gasteiger partial charge in [0.05, 0.1) is 19.7 Å². The number of aromatic amines is 1. The normalized spacial score (nSPS) is 11.0. The highest BCUT2D eigenvalue weighted by molar-refractivity contribution is 6.05. The van der Waals surface area contributed by atoms with E-state index in [4.69, 9.17) is 14.2 Å². The van der Waals surface area contributed by atoms with Crippen LogP contribution in [-0.4, -0.2) is 35.1 Å². The first kappa shape index (κ1) is 24.7. The number of carbonyl (C=O) groups excluding carboxylic acids is 1. The Balaban J connectivity index is 1.57. The maximum atomic E-state index is 13.0. The van der Waals surface area contributed by atoms with Gasteiger partial charge >= 0.3 is 0 Å². The number of pyridine rings is 3. The molecule has 0 atom stereocenters. The van der Waals surface area contributed by atoms with Gasteiger partial charge in [-0.25, -0.2) is 4.98 Å². The lowest BCUT2D eigenvalue weighted by atomic mass is 9.97. The van der Waals surface area contributed by atoms with Gasteiger partial charge in [0, 0.05) is 41.0 Å². The fourth-order valence-corrected chi connectivity index (χ4v) is 4.17. The van der Waals surface area contributed by atoms with Crippen molar-refractivity contribution in [2.75, 3.05) is 19.5 Å². The van der Waals surface area contributed by atoms with E-state index >= 15 is 0 Å². The summed E-state index contributed by atoms with van der Waals surface area (Å²) < 4.78 is 16.6. The lowest BCUT2D eigenvalue weighted by Crippen LogP contribution is -2.28. The van der Waals surface area contributed by atoms with Crippen molar-refractivity contribution in [1.82, 2.24) is 15.0 Å². The molecule has 3 aromatic heterocycles. The van der Waals surface area contributed by atoms with Crippen LogP contribution < -0.4 is 25.0 Å². The Morgan fingerprint density at radius 1 is 1.00 bits per heavy atom. The molecular formula is C27H28N4O5. The van der Waals surface area contributed by atoms with E-state index in [1.165, 1.54) is 14.2 Å². The number of anilines is 1. The minimum absolute atomic E-state index is 0.00264. The Morgan fingerprint density at radius 2 is 1.72 bits per heavy atom. The largest absolute Gasteiger partial charge is 0.491 e. The first-order valence-corrected chi connectivity index (χ1v) is 11.4. The first-order chi connectivity index (χ1) is 17.2. The number of fused-ring (bicyclic) bond motifs is 1. The molecule has 4 aromatic rings. The van der Waals surface area contributed by atoms with Crippen molar-refractivity contribution in [3.63, 3.8) is 0 Å². The third-order valence-corrected chi connectivity index (χ3v) is 5.79. The number of amides is 1. The highest BCUT2D eigenvalue weighted by Crippen LogP contribution is 2.34. The summed E-state index contributed by atoms with van der Waals surface area (Å²) in [6, 6.07) is 10.3. The zero-order chi connectivity index (χ0) is 26.0. The van der Waals surface area contributed by atoms with Crippen molar-refractivity contribution >= 4 is 22.6 Å². The molecule has 0 radical (unpaired) electrons. The fourth-order valence-electron chi connectivity index (χ4n) is 4.17. The van der Waals surface area contributed by atoms with E-state index < -0.39 is 5.91 Å². The standard InChI is InChI=1S/C27H28N4O5/c1-14(2)22-15(3)29-16(4)23(25(22)32)26(33)30-17-7-9-18(10-8-17)36-20-11-12-28-19-13-21(34-5)27(35-6)31-24(19)20/h7-14H,1-6H3,(H,29,32)(H,30,33). The van der Waals surface area contributed by atoms with E-state index in [0.29, 0.717) is 51.1 Å². The highest BCUT2D eigenvalue weighted by Gasteiger charge is 2.20. The predicted octanol–water partition coefficient (Wildman–Crippen LogP) is 5.12. The van der Waals surface area contributed by atoms with Crippen LogP contribution in [0.1, 0.15) is 47.1 Å². The number of hydrogen-bond acceptors (Lipinski definition) is 7. The van der Waals surface area contributed by atoms with Crippen molar-refractivity contribution < 1.29 is 19.0 Å². The van der Waals surface area contributed by atoms with E-state index in [1.807, 2.05) is 20.8 Å². The van der Waals surface area contributed by atoms with Crippen molar-refractivity contribution in [3.05, 3.63) is 75.3 Å². The first-order valence-electron chi connectivity index (χ1n) is 11.4. The predicted molar refractivity (Wildman–Crippen MR) is 138 cm³/mol. The SMILES string of the molecule is COc1cc2nccc(Oc3ccc(NC(=O)c4c(C)[nH]c(C)c(C(C)C)c4=O)cc3)c2nc1OC. The number of carbonyl (C=O) groups is 1. The summed E-state index contributed by atoms with van der Waals surface area (Å²) in [5.41, 5.74) is 3.42. The van der Waals surface area contributed by atoms with Crippen LogP contribution >= 0.6 is 0 Å². The molecule has 0 aliphatic rings. The van der Waals surface area contributed by atoms with Crippen molar-refractivity contribution in [2.45, 2.75) is 33.6 Å². The molecule has 36 heavy (non-hydrogen) atoms. The molecular weight excluding hydrogens is 460 g/mol. The number of ether oxygens (including phenoxy) is 3. The number of rotatable bonds is 7. The van der Waals surface area contributed by atoms with E-state index in [2.05, 4.69) is 20.3 Å². The maximum absolute atomic E-state index is 13.0. The number of methoxy groups -OCH3 is 2.